The predicted molar refractivity (Wildman–Crippen MR) is 246 cm³/mol. The molecule has 3 fully saturated rings. The van der Waals surface area contributed by atoms with Crippen LogP contribution in [0, 0.1) is 31.4 Å². The molecule has 8 aromatic rings. The highest BCUT2D eigenvalue weighted by atomic mass is 19.1. The van der Waals surface area contributed by atoms with Gasteiger partial charge in [0, 0.05) is 48.9 Å². The van der Waals surface area contributed by atoms with E-state index >= 15 is 13.6 Å². The minimum Gasteiger partial charge on any atom is -0.376 e. The number of rotatable bonds is 7. The number of aryl methyl sites for hydroxylation is 3. The van der Waals surface area contributed by atoms with E-state index in [2.05, 4.69) is 54.2 Å². The molecule has 0 bridgehead atoms. The first-order chi connectivity index (χ1) is 32.5. The molecule has 1 spiro atoms. The van der Waals surface area contributed by atoms with E-state index in [-0.39, 0.29) is 46.8 Å². The van der Waals surface area contributed by atoms with Gasteiger partial charge in [0.25, 0.3) is 5.91 Å². The third-order valence-electron chi connectivity index (χ3n) is 15.3. The quantitative estimate of drug-likeness (QED) is 0.170. The van der Waals surface area contributed by atoms with Gasteiger partial charge < -0.3 is 18.9 Å². The lowest BCUT2D eigenvalue weighted by molar-refractivity contribution is -0.174. The minimum atomic E-state index is -1.06. The first-order valence-electron chi connectivity index (χ1n) is 23.1. The van der Waals surface area contributed by atoms with Crippen LogP contribution >= 0.6 is 0 Å². The monoisotopic (exact) mass is 924 g/mol. The number of H-pyrrole nitrogens is 1. The number of carbonyl (C=O) groups excluding carboxylic acids is 1. The van der Waals surface area contributed by atoms with Crippen LogP contribution in [0.2, 0.25) is 0 Å². The highest BCUT2D eigenvalue weighted by Gasteiger charge is 2.60. The Bertz CT molecular complexity index is 3520. The summed E-state index contributed by atoms with van der Waals surface area (Å²) in [5.41, 5.74) is 2.44. The number of amides is 1. The second-order valence-electron chi connectivity index (χ2n) is 20.0. The number of ether oxygens (including phenoxy) is 2. The van der Waals surface area contributed by atoms with Gasteiger partial charge in [0.15, 0.2) is 11.6 Å². The number of aromatic nitrogens is 9. The molecule has 1 aliphatic carbocycles. The van der Waals surface area contributed by atoms with Gasteiger partial charge in [-0.15, -0.1) is 0 Å². The maximum atomic E-state index is 16.3. The number of hydrogen-bond donors (Lipinski definition) is 1. The summed E-state index contributed by atoms with van der Waals surface area (Å²) in [4.78, 5) is 47.9. The maximum absolute atomic E-state index is 16.3. The van der Waals surface area contributed by atoms with E-state index in [0.717, 1.165) is 29.3 Å². The van der Waals surface area contributed by atoms with Crippen LogP contribution in [0.5, 0.6) is 0 Å². The zero-order chi connectivity index (χ0) is 47.3. The Morgan fingerprint density at radius 1 is 0.912 bits per heavy atom. The van der Waals surface area contributed by atoms with Crippen molar-refractivity contribution in [2.45, 2.75) is 95.9 Å². The van der Waals surface area contributed by atoms with Crippen LogP contribution in [-0.4, -0.2) is 79.6 Å². The van der Waals surface area contributed by atoms with Crippen LogP contribution in [0.25, 0.3) is 39.0 Å². The molecule has 350 valence electrons. The molecule has 8 heterocycles. The topological polar surface area (TPSA) is 165 Å². The summed E-state index contributed by atoms with van der Waals surface area (Å²) in [6, 6.07) is 14.2. The van der Waals surface area contributed by atoms with E-state index in [1.807, 2.05) is 17.6 Å². The van der Waals surface area contributed by atoms with Gasteiger partial charge in [-0.25, -0.2) is 23.1 Å². The SMILES string of the molecule is Cc1cc(-n2nc3c(c2-n2ccn(-c4ccc5c(cnn5C)c4F)c2=O)[C@H](C)N(C(=O)c2cc4cc([C@H]5CCOC(C)(C)C5)ccc4n2[C@@]2(c4noc(=O)[nH]4)C[C@@H]2C)CC32CCO2)cc(C)c1F. The van der Waals surface area contributed by atoms with Crippen LogP contribution in [0.1, 0.15) is 110 Å². The predicted octanol–water partition coefficient (Wildman–Crippen LogP) is 7.52. The molecule has 2 saturated heterocycles. The van der Waals surface area contributed by atoms with Gasteiger partial charge in [-0.3, -0.25) is 28.1 Å². The Balaban J connectivity index is 1.04. The molecule has 12 rings (SSSR count). The smallest absolute Gasteiger partial charge is 0.376 e. The second kappa shape index (κ2) is 14.5. The van der Waals surface area contributed by atoms with E-state index in [0.29, 0.717) is 77.0 Å². The zero-order valence-corrected chi connectivity index (χ0v) is 38.8. The lowest BCUT2D eigenvalue weighted by Gasteiger charge is -2.49. The van der Waals surface area contributed by atoms with Gasteiger partial charge in [0.1, 0.15) is 34.2 Å². The van der Waals surface area contributed by atoms with E-state index in [1.165, 1.54) is 21.5 Å². The molecule has 1 N–H and O–H groups in total. The van der Waals surface area contributed by atoms with Crippen LogP contribution in [0.3, 0.4) is 0 Å². The van der Waals surface area contributed by atoms with E-state index in [1.54, 1.807) is 65.6 Å². The molecule has 5 aromatic heterocycles. The van der Waals surface area contributed by atoms with E-state index in [9.17, 15) is 9.59 Å². The number of hydrogen-bond acceptors (Lipinski definition) is 9. The molecule has 1 unspecified atom stereocenters. The number of aromatic amines is 1. The largest absolute Gasteiger partial charge is 0.438 e. The molecular formula is C50H50F2N10O6. The molecular weight excluding hydrogens is 875 g/mol. The Morgan fingerprint density at radius 2 is 1.65 bits per heavy atom. The number of nitrogens with one attached hydrogen (secondary N) is 1. The summed E-state index contributed by atoms with van der Waals surface area (Å²) in [5.74, 6) is -1.11. The fraction of sp³-hybridized carbons (Fsp3) is 0.400. The van der Waals surface area contributed by atoms with Gasteiger partial charge in [-0.2, -0.15) is 10.2 Å². The fourth-order valence-electron chi connectivity index (χ4n) is 11.6. The van der Waals surface area contributed by atoms with Gasteiger partial charge in [-0.05, 0) is 125 Å². The number of benzene rings is 3. The van der Waals surface area contributed by atoms with Crippen molar-refractivity contribution in [1.29, 1.82) is 0 Å². The molecule has 1 amide bonds. The molecule has 18 heteroatoms. The van der Waals surface area contributed by atoms with E-state index < -0.39 is 34.4 Å². The lowest BCUT2D eigenvalue weighted by Crippen LogP contribution is -2.56. The summed E-state index contributed by atoms with van der Waals surface area (Å²) in [5, 5.41) is 14.7. The number of halogens is 2. The standard InChI is InChI=1S/C50H50F2N10O6/c1-26-18-33(19-27(2)40(26)51)62-43(59-15-14-58(47(59)65)37-11-10-36-34(41(37)52)24-53-57(36)7)39-29(4)60(25-49(13-17-67-49)42(39)55-62)44(63)38-21-32-20-30(31-12-16-66-48(5,6)23-31)8-9-35(32)61(38)50(22-28(50)3)45-54-46(64)68-56-45/h8-11,14-15,18-21,24,28-29,31H,12-13,16-17,22-23,25H2,1-7H3,(H,54,56,64)/t28-,29-,31-,49?,50-/m0/s1. The first kappa shape index (κ1) is 42.4. The van der Waals surface area contributed by atoms with Crippen molar-refractivity contribution in [2.24, 2.45) is 13.0 Å². The number of nitrogens with zero attached hydrogens (tertiary/aromatic N) is 9. The number of fused-ring (bicyclic) bond motifs is 4. The van der Waals surface area contributed by atoms with Crippen LogP contribution in [0.4, 0.5) is 8.78 Å². The van der Waals surface area contributed by atoms with Crippen LogP contribution in [0.15, 0.2) is 81.2 Å². The van der Waals surface area contributed by atoms with E-state index in [4.69, 9.17) is 19.1 Å². The van der Waals surface area contributed by atoms with Gasteiger partial charge in [-0.1, -0.05) is 18.1 Å². The lowest BCUT2D eigenvalue weighted by atomic mass is 9.81. The average Bonchev–Trinajstić information content (AvgIpc) is 3.93. The molecule has 4 aliphatic rings. The molecule has 5 atom stereocenters. The van der Waals surface area contributed by atoms with Crippen molar-refractivity contribution in [2.75, 3.05) is 19.8 Å². The Kier molecular flexibility index (Phi) is 9.08. The summed E-state index contributed by atoms with van der Waals surface area (Å²) in [6.07, 6.45) is 7.30. The first-order valence-corrected chi connectivity index (χ1v) is 23.1. The molecule has 3 aliphatic heterocycles. The Morgan fingerprint density at radius 3 is 2.32 bits per heavy atom. The minimum absolute atomic E-state index is 0.0273. The van der Waals surface area contributed by atoms with Crippen molar-refractivity contribution in [3.8, 4) is 17.2 Å². The van der Waals surface area contributed by atoms with Crippen molar-refractivity contribution in [3.05, 3.63) is 139 Å². The van der Waals surface area contributed by atoms with Gasteiger partial charge in [0.2, 0.25) is 0 Å². The highest BCUT2D eigenvalue weighted by Crippen LogP contribution is 2.57. The molecule has 3 aromatic carbocycles. The number of imidazole rings is 1. The maximum Gasteiger partial charge on any atom is 0.438 e. The highest BCUT2D eigenvalue weighted by molar-refractivity contribution is 6.00. The molecule has 16 nitrogen and oxygen atoms in total. The average molecular weight is 925 g/mol. The molecule has 0 radical (unpaired) electrons. The zero-order valence-electron chi connectivity index (χ0n) is 38.8. The molecule has 68 heavy (non-hydrogen) atoms. The van der Waals surface area contributed by atoms with Gasteiger partial charge in [0.05, 0.1) is 53.3 Å². The summed E-state index contributed by atoms with van der Waals surface area (Å²) < 4.78 is 57.1. The van der Waals surface area contributed by atoms with Crippen LogP contribution < -0.4 is 11.4 Å². The summed E-state index contributed by atoms with van der Waals surface area (Å²) >= 11 is 0. The van der Waals surface area contributed by atoms with Crippen molar-refractivity contribution < 1.29 is 27.6 Å². The normalized spacial score (nSPS) is 24.2. The summed E-state index contributed by atoms with van der Waals surface area (Å²) in [6.45, 7) is 12.7. The second-order valence-corrected chi connectivity index (χ2v) is 20.0. The Hall–Kier alpha value is -6.92. The third-order valence-corrected chi connectivity index (χ3v) is 15.3. The van der Waals surface area contributed by atoms with Crippen molar-refractivity contribution in [3.63, 3.8) is 0 Å². The Labute approximate surface area is 387 Å². The van der Waals surface area contributed by atoms with Gasteiger partial charge >= 0.3 is 11.4 Å². The summed E-state index contributed by atoms with van der Waals surface area (Å²) in [7, 11) is 1.72. The van der Waals surface area contributed by atoms with Crippen molar-refractivity contribution in [1.82, 2.24) is 48.3 Å². The van der Waals surface area contributed by atoms with Crippen LogP contribution in [-0.2, 0) is 27.7 Å². The van der Waals surface area contributed by atoms with Crippen molar-refractivity contribution >= 4 is 27.7 Å². The third kappa shape index (κ3) is 6.01. The number of carbonyl (C=O) groups is 1. The fourth-order valence-corrected chi connectivity index (χ4v) is 11.6. The molecule has 1 saturated carbocycles.